The maximum absolute atomic E-state index is 12.3. The highest BCUT2D eigenvalue weighted by Crippen LogP contribution is 2.26. The summed E-state index contributed by atoms with van der Waals surface area (Å²) in [5.41, 5.74) is 1.94. The van der Waals surface area contributed by atoms with Crippen molar-refractivity contribution in [1.29, 1.82) is 0 Å². The van der Waals surface area contributed by atoms with Crippen LogP contribution in [0.1, 0.15) is 24.0 Å². The molecule has 0 saturated carbocycles. The molecule has 0 aliphatic carbocycles. The molecule has 122 valence electrons. The lowest BCUT2D eigenvalue weighted by molar-refractivity contribution is -0.146. The zero-order valence-corrected chi connectivity index (χ0v) is 13.9. The molecule has 0 aromatic heterocycles. The van der Waals surface area contributed by atoms with Gasteiger partial charge in [-0.1, -0.05) is 54.6 Å². The van der Waals surface area contributed by atoms with E-state index in [9.17, 15) is 4.79 Å². The van der Waals surface area contributed by atoms with Crippen LogP contribution < -0.4 is 4.74 Å². The van der Waals surface area contributed by atoms with Crippen molar-refractivity contribution in [3.05, 3.63) is 77.9 Å². The number of carbonyl (C=O) groups is 1. The minimum atomic E-state index is -0.305. The van der Waals surface area contributed by atoms with Gasteiger partial charge in [-0.15, -0.1) is 0 Å². The maximum Gasteiger partial charge on any atom is 0.313 e. The van der Waals surface area contributed by atoms with Crippen LogP contribution in [0.15, 0.2) is 66.7 Å². The second kappa shape index (κ2) is 7.18. The Morgan fingerprint density at radius 2 is 1.67 bits per heavy atom. The molecule has 0 bridgehead atoms. The topological polar surface area (TPSA) is 35.5 Å². The zero-order chi connectivity index (χ0) is 16.9. The van der Waals surface area contributed by atoms with Gasteiger partial charge in [0.05, 0.1) is 13.0 Å². The molecule has 3 aromatic carbocycles. The fourth-order valence-corrected chi connectivity index (χ4v) is 2.63. The molecular formula is C21H20O3. The fourth-order valence-electron chi connectivity index (χ4n) is 2.63. The second-order valence-electron chi connectivity index (χ2n) is 5.79. The van der Waals surface area contributed by atoms with E-state index in [0.29, 0.717) is 6.61 Å². The number of esters is 1. The number of ether oxygens (including phenoxy) is 2. The first-order valence-corrected chi connectivity index (χ1v) is 7.95. The lowest BCUT2D eigenvalue weighted by atomic mass is 9.98. The van der Waals surface area contributed by atoms with Crippen molar-refractivity contribution < 1.29 is 14.3 Å². The monoisotopic (exact) mass is 320 g/mol. The van der Waals surface area contributed by atoms with E-state index in [-0.39, 0.29) is 11.9 Å². The molecule has 3 heteroatoms. The van der Waals surface area contributed by atoms with Gasteiger partial charge in [0.25, 0.3) is 0 Å². The summed E-state index contributed by atoms with van der Waals surface area (Å²) in [7, 11) is 1.65. The van der Waals surface area contributed by atoms with Gasteiger partial charge in [-0.2, -0.15) is 0 Å². The Morgan fingerprint density at radius 1 is 0.958 bits per heavy atom. The Labute approximate surface area is 141 Å². The van der Waals surface area contributed by atoms with Crippen molar-refractivity contribution in [3.63, 3.8) is 0 Å². The highest BCUT2D eigenvalue weighted by atomic mass is 16.5. The molecule has 24 heavy (non-hydrogen) atoms. The average molecular weight is 320 g/mol. The van der Waals surface area contributed by atoms with E-state index in [1.807, 2.05) is 73.7 Å². The molecule has 0 radical (unpaired) electrons. The lowest BCUT2D eigenvalue weighted by Gasteiger charge is -2.13. The predicted octanol–water partition coefficient (Wildman–Crippen LogP) is 4.70. The van der Waals surface area contributed by atoms with E-state index in [1.165, 1.54) is 0 Å². The predicted molar refractivity (Wildman–Crippen MR) is 95.2 cm³/mol. The number of carbonyl (C=O) groups excluding carboxylic acids is 1. The van der Waals surface area contributed by atoms with Crippen LogP contribution in [0, 0.1) is 0 Å². The van der Waals surface area contributed by atoms with Crippen LogP contribution >= 0.6 is 0 Å². The number of rotatable bonds is 5. The van der Waals surface area contributed by atoms with Crippen LogP contribution in [-0.4, -0.2) is 13.1 Å². The molecule has 3 aromatic rings. The summed E-state index contributed by atoms with van der Waals surface area (Å²) >= 11 is 0. The van der Waals surface area contributed by atoms with Gasteiger partial charge < -0.3 is 9.47 Å². The van der Waals surface area contributed by atoms with Crippen LogP contribution in [0.5, 0.6) is 5.75 Å². The van der Waals surface area contributed by atoms with Crippen molar-refractivity contribution in [2.45, 2.75) is 19.4 Å². The van der Waals surface area contributed by atoms with E-state index in [1.54, 1.807) is 7.11 Å². The summed E-state index contributed by atoms with van der Waals surface area (Å²) in [5, 5.41) is 2.17. The third-order valence-corrected chi connectivity index (χ3v) is 4.15. The molecular weight excluding hydrogens is 300 g/mol. The zero-order valence-electron chi connectivity index (χ0n) is 13.9. The van der Waals surface area contributed by atoms with E-state index in [0.717, 1.165) is 27.6 Å². The summed E-state index contributed by atoms with van der Waals surface area (Å²) in [4.78, 5) is 12.3. The number of hydrogen-bond acceptors (Lipinski definition) is 3. The van der Waals surface area contributed by atoms with E-state index in [4.69, 9.17) is 9.47 Å². The van der Waals surface area contributed by atoms with Gasteiger partial charge in [-0.05, 0) is 41.0 Å². The lowest BCUT2D eigenvalue weighted by Crippen LogP contribution is -2.13. The van der Waals surface area contributed by atoms with Crippen LogP contribution in [0.3, 0.4) is 0 Å². The summed E-state index contributed by atoms with van der Waals surface area (Å²) < 4.78 is 10.7. The van der Waals surface area contributed by atoms with Gasteiger partial charge in [-0.3, -0.25) is 4.79 Å². The minimum absolute atomic E-state index is 0.216. The first-order chi connectivity index (χ1) is 11.7. The van der Waals surface area contributed by atoms with Gasteiger partial charge in [0.2, 0.25) is 0 Å². The van der Waals surface area contributed by atoms with Crippen LogP contribution in [0.4, 0.5) is 0 Å². The normalized spacial score (nSPS) is 11.9. The summed E-state index contributed by atoms with van der Waals surface area (Å²) in [6, 6.07) is 21.6. The van der Waals surface area contributed by atoms with E-state index < -0.39 is 0 Å². The summed E-state index contributed by atoms with van der Waals surface area (Å²) in [6.45, 7) is 2.17. The quantitative estimate of drug-likeness (QED) is 0.639. The first-order valence-electron chi connectivity index (χ1n) is 7.95. The van der Waals surface area contributed by atoms with Crippen molar-refractivity contribution in [2.75, 3.05) is 7.11 Å². The first kappa shape index (κ1) is 16.1. The third kappa shape index (κ3) is 3.57. The van der Waals surface area contributed by atoms with Crippen LogP contribution in [0.25, 0.3) is 10.8 Å². The van der Waals surface area contributed by atoms with Crippen molar-refractivity contribution in [1.82, 2.24) is 0 Å². The number of fused-ring (bicyclic) bond motifs is 1. The number of hydrogen-bond donors (Lipinski definition) is 0. The highest BCUT2D eigenvalue weighted by Gasteiger charge is 2.17. The average Bonchev–Trinajstić information content (AvgIpc) is 2.65. The largest absolute Gasteiger partial charge is 0.497 e. The Kier molecular flexibility index (Phi) is 4.80. The third-order valence-electron chi connectivity index (χ3n) is 4.15. The maximum atomic E-state index is 12.3. The Balaban J connectivity index is 1.72. The molecule has 1 atom stereocenters. The van der Waals surface area contributed by atoms with Gasteiger partial charge in [0, 0.05) is 0 Å². The molecule has 0 heterocycles. The molecule has 3 nitrogen and oxygen atoms in total. The van der Waals surface area contributed by atoms with Crippen LogP contribution in [0.2, 0.25) is 0 Å². The van der Waals surface area contributed by atoms with Gasteiger partial charge in [-0.25, -0.2) is 0 Å². The molecule has 0 aliphatic heterocycles. The van der Waals surface area contributed by atoms with Gasteiger partial charge in [0.15, 0.2) is 0 Å². The van der Waals surface area contributed by atoms with Crippen molar-refractivity contribution >= 4 is 16.7 Å². The van der Waals surface area contributed by atoms with E-state index >= 15 is 0 Å². The minimum Gasteiger partial charge on any atom is -0.497 e. The summed E-state index contributed by atoms with van der Waals surface area (Å²) in [6.07, 6.45) is 0. The Bertz CT molecular complexity index is 840. The van der Waals surface area contributed by atoms with Crippen molar-refractivity contribution in [3.8, 4) is 5.75 Å². The molecule has 0 N–H and O–H groups in total. The highest BCUT2D eigenvalue weighted by molar-refractivity contribution is 5.86. The molecule has 0 aliphatic rings. The Morgan fingerprint density at radius 3 is 2.42 bits per heavy atom. The van der Waals surface area contributed by atoms with Gasteiger partial charge >= 0.3 is 5.97 Å². The van der Waals surface area contributed by atoms with E-state index in [2.05, 4.69) is 0 Å². The molecule has 0 amide bonds. The number of benzene rings is 3. The number of methoxy groups -OCH3 is 1. The fraction of sp³-hybridized carbons (Fsp3) is 0.190. The standard InChI is InChI=1S/C21H20O3/c1-15(21(22)24-14-16-6-4-3-5-7-16)17-8-9-19-13-20(23-2)11-10-18(19)12-17/h3-13,15H,14H2,1-2H3/t15-/m0/s1. The van der Waals surface area contributed by atoms with Gasteiger partial charge in [0.1, 0.15) is 12.4 Å². The summed E-state index contributed by atoms with van der Waals surface area (Å²) in [5.74, 6) is 0.303. The molecule has 3 rings (SSSR count). The molecule has 0 spiro atoms. The van der Waals surface area contributed by atoms with Crippen molar-refractivity contribution in [2.24, 2.45) is 0 Å². The van der Waals surface area contributed by atoms with Crippen LogP contribution in [-0.2, 0) is 16.1 Å². The SMILES string of the molecule is COc1ccc2cc([C@H](C)C(=O)OCc3ccccc3)ccc2c1. The molecule has 0 unspecified atom stereocenters. The second-order valence-corrected chi connectivity index (χ2v) is 5.79. The molecule has 0 fully saturated rings. The Hall–Kier alpha value is -2.81. The smallest absolute Gasteiger partial charge is 0.313 e. The molecule has 0 saturated heterocycles.